The highest BCUT2D eigenvalue weighted by atomic mass is 32.2. The van der Waals surface area contributed by atoms with Crippen LogP contribution in [0, 0.1) is 0 Å². The van der Waals surface area contributed by atoms with Crippen molar-refractivity contribution in [1.29, 1.82) is 0 Å². The first kappa shape index (κ1) is 14.7. The van der Waals surface area contributed by atoms with Crippen LogP contribution in [0.5, 0.6) is 0 Å². The summed E-state index contributed by atoms with van der Waals surface area (Å²) in [6, 6.07) is 2.08. The number of anilines is 1. The number of sulfonamides is 1. The molecule has 5 nitrogen and oxygen atoms in total. The van der Waals surface area contributed by atoms with Crippen LogP contribution in [0.25, 0.3) is 0 Å². The van der Waals surface area contributed by atoms with Gasteiger partial charge >= 0.3 is 6.18 Å². The minimum Gasteiger partial charge on any atom is -0.370 e. The van der Waals surface area contributed by atoms with Gasteiger partial charge in [-0.1, -0.05) is 0 Å². The lowest BCUT2D eigenvalue weighted by Gasteiger charge is -2.12. The summed E-state index contributed by atoms with van der Waals surface area (Å²) in [5.41, 5.74) is -0.888. The highest BCUT2D eigenvalue weighted by Gasteiger charge is 2.33. The Morgan fingerprint density at radius 2 is 2.06 bits per heavy atom. The Labute approximate surface area is 102 Å². The third-order valence-corrected chi connectivity index (χ3v) is 2.87. The van der Waals surface area contributed by atoms with Crippen molar-refractivity contribution in [3.8, 4) is 0 Å². The van der Waals surface area contributed by atoms with Gasteiger partial charge < -0.3 is 5.32 Å². The summed E-state index contributed by atoms with van der Waals surface area (Å²) in [5.74, 6) is -0.617. The van der Waals surface area contributed by atoms with Crippen molar-refractivity contribution in [1.82, 2.24) is 4.98 Å². The SMILES string of the molecule is NS(=O)(=O)CCCNc1ncccc1C(F)(F)F. The first-order chi connectivity index (χ1) is 8.20. The van der Waals surface area contributed by atoms with E-state index in [1.165, 1.54) is 12.3 Å². The zero-order valence-electron chi connectivity index (χ0n) is 9.24. The predicted octanol–water partition coefficient (Wildman–Crippen LogP) is 1.19. The fourth-order valence-electron chi connectivity index (χ4n) is 1.26. The first-order valence-electron chi connectivity index (χ1n) is 4.97. The largest absolute Gasteiger partial charge is 0.419 e. The van der Waals surface area contributed by atoms with Gasteiger partial charge in [-0.3, -0.25) is 0 Å². The molecule has 1 rings (SSSR count). The molecule has 0 aliphatic rings. The highest BCUT2D eigenvalue weighted by Crippen LogP contribution is 2.33. The van der Waals surface area contributed by atoms with E-state index in [0.717, 1.165) is 6.07 Å². The van der Waals surface area contributed by atoms with E-state index in [-0.39, 0.29) is 24.5 Å². The zero-order valence-corrected chi connectivity index (χ0v) is 10.1. The molecule has 0 bridgehead atoms. The van der Waals surface area contributed by atoms with Gasteiger partial charge in [0, 0.05) is 12.7 Å². The summed E-state index contributed by atoms with van der Waals surface area (Å²) in [5, 5.41) is 7.20. The van der Waals surface area contributed by atoms with E-state index >= 15 is 0 Å². The summed E-state index contributed by atoms with van der Waals surface area (Å²) >= 11 is 0. The number of alkyl halides is 3. The Balaban J connectivity index is 2.63. The van der Waals surface area contributed by atoms with E-state index in [4.69, 9.17) is 5.14 Å². The van der Waals surface area contributed by atoms with Gasteiger partial charge in [-0.25, -0.2) is 18.5 Å². The number of nitrogens with two attached hydrogens (primary N) is 1. The number of rotatable bonds is 5. The van der Waals surface area contributed by atoms with Gasteiger partial charge in [0.2, 0.25) is 10.0 Å². The van der Waals surface area contributed by atoms with Crippen LogP contribution in [0.15, 0.2) is 18.3 Å². The van der Waals surface area contributed by atoms with Crippen molar-refractivity contribution < 1.29 is 21.6 Å². The summed E-state index contributed by atoms with van der Waals surface area (Å²) in [4.78, 5) is 3.57. The molecule has 0 spiro atoms. The highest BCUT2D eigenvalue weighted by molar-refractivity contribution is 7.89. The van der Waals surface area contributed by atoms with Crippen molar-refractivity contribution >= 4 is 15.8 Å². The third-order valence-electron chi connectivity index (χ3n) is 2.01. The molecule has 3 N–H and O–H groups in total. The lowest BCUT2D eigenvalue weighted by molar-refractivity contribution is -0.137. The van der Waals surface area contributed by atoms with Crippen molar-refractivity contribution in [3.05, 3.63) is 23.9 Å². The lowest BCUT2D eigenvalue weighted by Crippen LogP contribution is -2.19. The first-order valence-corrected chi connectivity index (χ1v) is 6.68. The van der Waals surface area contributed by atoms with Crippen molar-refractivity contribution in [3.63, 3.8) is 0 Å². The average Bonchev–Trinajstić information content (AvgIpc) is 2.22. The molecule has 102 valence electrons. The molecule has 0 fully saturated rings. The number of hydrogen-bond donors (Lipinski definition) is 2. The predicted molar refractivity (Wildman–Crippen MR) is 60.3 cm³/mol. The number of nitrogens with one attached hydrogen (secondary N) is 1. The second-order valence-electron chi connectivity index (χ2n) is 3.54. The van der Waals surface area contributed by atoms with Crippen LogP contribution in [0.3, 0.4) is 0 Å². The second kappa shape index (κ2) is 5.53. The quantitative estimate of drug-likeness (QED) is 0.795. The van der Waals surface area contributed by atoms with Gasteiger partial charge in [0.25, 0.3) is 0 Å². The summed E-state index contributed by atoms with van der Waals surface area (Å²) < 4.78 is 58.9. The van der Waals surface area contributed by atoms with Crippen LogP contribution in [0.2, 0.25) is 0 Å². The molecule has 0 amide bonds. The molecule has 0 unspecified atom stereocenters. The molecule has 18 heavy (non-hydrogen) atoms. The van der Waals surface area contributed by atoms with Crippen LogP contribution in [-0.4, -0.2) is 25.7 Å². The topological polar surface area (TPSA) is 85.1 Å². The minimum absolute atomic E-state index is 0.0382. The maximum Gasteiger partial charge on any atom is 0.419 e. The molecule has 0 atom stereocenters. The summed E-state index contributed by atoms with van der Waals surface area (Å²) in [6.07, 6.45) is -3.18. The van der Waals surface area contributed by atoms with E-state index in [2.05, 4.69) is 10.3 Å². The lowest BCUT2D eigenvalue weighted by atomic mass is 10.2. The molecule has 1 heterocycles. The van der Waals surface area contributed by atoms with Crippen molar-refractivity contribution in [2.45, 2.75) is 12.6 Å². The molecule has 0 aliphatic heterocycles. The number of primary sulfonamides is 1. The molecule has 0 aromatic carbocycles. The number of hydrogen-bond acceptors (Lipinski definition) is 4. The van der Waals surface area contributed by atoms with Crippen LogP contribution in [-0.2, 0) is 16.2 Å². The van der Waals surface area contributed by atoms with Gasteiger partial charge in [0.1, 0.15) is 5.82 Å². The molecule has 1 aromatic heterocycles. The maximum absolute atomic E-state index is 12.6. The Morgan fingerprint density at radius 1 is 1.39 bits per heavy atom. The maximum atomic E-state index is 12.6. The van der Waals surface area contributed by atoms with Gasteiger partial charge in [-0.05, 0) is 18.6 Å². The molecule has 1 aromatic rings. The third kappa shape index (κ3) is 4.88. The standard InChI is InChI=1S/C9H12F3N3O2S/c10-9(11,12)7-3-1-4-14-8(7)15-5-2-6-18(13,16)17/h1,3-4H,2,5-6H2,(H,14,15)(H2,13,16,17). The number of halogens is 3. The summed E-state index contributed by atoms with van der Waals surface area (Å²) in [7, 11) is -3.60. The van der Waals surface area contributed by atoms with Crippen LogP contribution in [0.1, 0.15) is 12.0 Å². The van der Waals surface area contributed by atoms with Crippen LogP contribution >= 0.6 is 0 Å². The Bertz CT molecular complexity index is 502. The minimum atomic E-state index is -4.50. The van der Waals surface area contributed by atoms with Crippen LogP contribution < -0.4 is 10.5 Å². The Kier molecular flexibility index (Phi) is 4.52. The molecule has 0 saturated heterocycles. The molecule has 9 heteroatoms. The number of aromatic nitrogens is 1. The monoisotopic (exact) mass is 283 g/mol. The fraction of sp³-hybridized carbons (Fsp3) is 0.444. The Hall–Kier alpha value is -1.35. The molecular weight excluding hydrogens is 271 g/mol. The Morgan fingerprint density at radius 3 is 2.61 bits per heavy atom. The summed E-state index contributed by atoms with van der Waals surface area (Å²) in [6.45, 7) is 0.0382. The van der Waals surface area contributed by atoms with E-state index in [1.54, 1.807) is 0 Å². The van der Waals surface area contributed by atoms with Crippen LogP contribution in [0.4, 0.5) is 19.0 Å². The molecular formula is C9H12F3N3O2S. The van der Waals surface area contributed by atoms with E-state index in [9.17, 15) is 21.6 Å². The second-order valence-corrected chi connectivity index (χ2v) is 5.28. The smallest absolute Gasteiger partial charge is 0.370 e. The fourth-order valence-corrected chi connectivity index (χ4v) is 1.80. The molecule has 0 radical (unpaired) electrons. The molecule has 0 saturated carbocycles. The van der Waals surface area contributed by atoms with Gasteiger partial charge in [-0.15, -0.1) is 0 Å². The zero-order chi connectivity index (χ0) is 13.8. The van der Waals surface area contributed by atoms with Gasteiger partial charge in [0.15, 0.2) is 0 Å². The normalized spacial score (nSPS) is 12.4. The average molecular weight is 283 g/mol. The van der Waals surface area contributed by atoms with E-state index < -0.39 is 21.8 Å². The molecule has 0 aliphatic carbocycles. The van der Waals surface area contributed by atoms with E-state index in [0.29, 0.717) is 0 Å². The van der Waals surface area contributed by atoms with Crippen molar-refractivity contribution in [2.75, 3.05) is 17.6 Å². The van der Waals surface area contributed by atoms with Gasteiger partial charge in [0.05, 0.1) is 11.3 Å². The van der Waals surface area contributed by atoms with E-state index in [1.807, 2.05) is 0 Å². The number of pyridine rings is 1. The number of nitrogens with zero attached hydrogens (tertiary/aromatic N) is 1. The van der Waals surface area contributed by atoms with Gasteiger partial charge in [-0.2, -0.15) is 13.2 Å². The van der Waals surface area contributed by atoms with Crippen molar-refractivity contribution in [2.24, 2.45) is 5.14 Å².